The molecule has 0 heterocycles. The molecule has 146 valence electrons. The van der Waals surface area contributed by atoms with Crippen LogP contribution in [0.5, 0.6) is 0 Å². The van der Waals surface area contributed by atoms with E-state index in [1.54, 1.807) is 6.92 Å². The van der Waals surface area contributed by atoms with Crippen LogP contribution in [0.1, 0.15) is 65.2 Å². The first kappa shape index (κ1) is 19.4. The van der Waals surface area contributed by atoms with Gasteiger partial charge in [-0.05, 0) is 81.0 Å². The fourth-order valence-corrected chi connectivity index (χ4v) is 5.92. The van der Waals surface area contributed by atoms with Crippen LogP contribution >= 0.6 is 0 Å². The molecule has 3 rings (SSSR count). The van der Waals surface area contributed by atoms with Gasteiger partial charge in [0.1, 0.15) is 0 Å². The topological polar surface area (TPSA) is 52.6 Å². The van der Waals surface area contributed by atoms with Gasteiger partial charge >= 0.3 is 11.9 Å². The van der Waals surface area contributed by atoms with Crippen molar-refractivity contribution in [2.75, 3.05) is 13.2 Å². The molecule has 3 fully saturated rings. The first-order chi connectivity index (χ1) is 12.5. The summed E-state index contributed by atoms with van der Waals surface area (Å²) in [5.41, 5.74) is 0.424. The maximum Gasteiger partial charge on any atom is 0.333 e. The number of rotatable bonds is 9. The zero-order valence-corrected chi connectivity index (χ0v) is 16.4. The van der Waals surface area contributed by atoms with Crippen molar-refractivity contribution in [2.45, 2.75) is 65.2 Å². The molecule has 0 aromatic heterocycles. The average Bonchev–Trinajstić information content (AvgIpc) is 3.28. The quantitative estimate of drug-likeness (QED) is 0.344. The van der Waals surface area contributed by atoms with Crippen LogP contribution in [0.4, 0.5) is 0 Å². The molecule has 4 heteroatoms. The van der Waals surface area contributed by atoms with E-state index in [-0.39, 0.29) is 11.9 Å². The Balaban J connectivity index is 1.25. The fourth-order valence-electron chi connectivity index (χ4n) is 5.92. The van der Waals surface area contributed by atoms with Gasteiger partial charge in [0, 0.05) is 12.0 Å². The molecule has 4 nitrogen and oxygen atoms in total. The number of unbranched alkanes of at least 4 members (excludes halogenated alkanes) is 2. The highest BCUT2D eigenvalue weighted by atomic mass is 16.5. The van der Waals surface area contributed by atoms with Crippen LogP contribution in [0.2, 0.25) is 0 Å². The summed E-state index contributed by atoms with van der Waals surface area (Å²) in [7, 11) is 0. The van der Waals surface area contributed by atoms with Crippen LogP contribution in [-0.2, 0) is 19.1 Å². The van der Waals surface area contributed by atoms with Crippen LogP contribution in [0.15, 0.2) is 12.2 Å². The maximum absolute atomic E-state index is 12.0. The number of fused-ring (bicyclic) bond motifs is 5. The van der Waals surface area contributed by atoms with E-state index in [0.29, 0.717) is 31.1 Å². The van der Waals surface area contributed by atoms with E-state index in [0.717, 1.165) is 48.9 Å². The van der Waals surface area contributed by atoms with Gasteiger partial charge in [0.25, 0.3) is 0 Å². The third-order valence-corrected chi connectivity index (χ3v) is 7.05. The van der Waals surface area contributed by atoms with Crippen molar-refractivity contribution < 1.29 is 19.1 Å². The minimum atomic E-state index is -0.339. The molecule has 0 aliphatic heterocycles. The summed E-state index contributed by atoms with van der Waals surface area (Å²) in [6, 6.07) is 0. The van der Waals surface area contributed by atoms with Crippen molar-refractivity contribution in [3.8, 4) is 0 Å². The smallest absolute Gasteiger partial charge is 0.333 e. The van der Waals surface area contributed by atoms with Crippen LogP contribution in [0, 0.1) is 35.5 Å². The Hall–Kier alpha value is -1.32. The third-order valence-electron chi connectivity index (χ3n) is 7.05. The van der Waals surface area contributed by atoms with E-state index in [9.17, 15) is 9.59 Å². The Morgan fingerprint density at radius 3 is 2.62 bits per heavy atom. The Morgan fingerprint density at radius 1 is 1.04 bits per heavy atom. The molecule has 0 spiro atoms. The van der Waals surface area contributed by atoms with Crippen molar-refractivity contribution in [1.29, 1.82) is 0 Å². The molecule has 0 amide bonds. The second-order valence-electron chi connectivity index (χ2n) is 8.86. The Kier molecular flexibility index (Phi) is 6.42. The number of hydrogen-bond donors (Lipinski definition) is 0. The molecule has 0 radical (unpaired) electrons. The number of carbonyl (C=O) groups is 2. The lowest BCUT2D eigenvalue weighted by molar-refractivity contribution is -0.146. The predicted octanol–water partition coefficient (Wildman–Crippen LogP) is 4.53. The summed E-state index contributed by atoms with van der Waals surface area (Å²) >= 11 is 0. The van der Waals surface area contributed by atoms with Crippen LogP contribution in [-0.4, -0.2) is 25.2 Å². The number of carbonyl (C=O) groups excluding carboxylic acids is 2. The molecular formula is C22H34O4. The van der Waals surface area contributed by atoms with Gasteiger partial charge in [0.15, 0.2) is 0 Å². The zero-order chi connectivity index (χ0) is 18.7. The van der Waals surface area contributed by atoms with Crippen molar-refractivity contribution in [3.63, 3.8) is 0 Å². The van der Waals surface area contributed by atoms with Gasteiger partial charge in [-0.1, -0.05) is 19.9 Å². The van der Waals surface area contributed by atoms with E-state index in [4.69, 9.17) is 9.47 Å². The summed E-state index contributed by atoms with van der Waals surface area (Å²) in [5, 5.41) is 0. The van der Waals surface area contributed by atoms with E-state index >= 15 is 0 Å². The second-order valence-corrected chi connectivity index (χ2v) is 8.86. The SMILES string of the molecule is C=C(C)C(=O)OCCCCCC(=O)OCC1CC2CC1C1CCC(C)C21. The number of esters is 2. The van der Waals surface area contributed by atoms with Gasteiger partial charge in [0.2, 0.25) is 0 Å². The lowest BCUT2D eigenvalue weighted by Crippen LogP contribution is -2.29. The van der Waals surface area contributed by atoms with E-state index in [2.05, 4.69) is 13.5 Å². The summed E-state index contributed by atoms with van der Waals surface area (Å²) in [6.45, 7) is 8.65. The molecule has 6 atom stereocenters. The van der Waals surface area contributed by atoms with Gasteiger partial charge in [-0.2, -0.15) is 0 Å². The molecule has 2 bridgehead atoms. The van der Waals surface area contributed by atoms with Gasteiger partial charge in [-0.3, -0.25) is 4.79 Å². The molecule has 0 N–H and O–H groups in total. The Bertz CT molecular complexity index is 540. The van der Waals surface area contributed by atoms with Gasteiger partial charge < -0.3 is 9.47 Å². The van der Waals surface area contributed by atoms with E-state index in [1.807, 2.05) is 0 Å². The van der Waals surface area contributed by atoms with Crippen molar-refractivity contribution in [2.24, 2.45) is 35.5 Å². The van der Waals surface area contributed by atoms with Crippen molar-refractivity contribution in [3.05, 3.63) is 12.2 Å². The lowest BCUT2D eigenvalue weighted by Gasteiger charge is -2.32. The molecule has 0 aromatic rings. The minimum Gasteiger partial charge on any atom is -0.465 e. The predicted molar refractivity (Wildman–Crippen MR) is 100 cm³/mol. The molecule has 26 heavy (non-hydrogen) atoms. The summed E-state index contributed by atoms with van der Waals surface area (Å²) in [5.74, 6) is 4.70. The molecule has 3 aliphatic rings. The largest absolute Gasteiger partial charge is 0.465 e. The summed E-state index contributed by atoms with van der Waals surface area (Å²) in [4.78, 5) is 23.2. The van der Waals surface area contributed by atoms with Gasteiger partial charge in [-0.25, -0.2) is 4.79 Å². The van der Waals surface area contributed by atoms with Gasteiger partial charge in [0.05, 0.1) is 13.2 Å². The first-order valence-corrected chi connectivity index (χ1v) is 10.5. The standard InChI is InChI=1S/C22H34O4/c1-14(2)22(24)25-10-6-4-5-7-20(23)26-13-17-11-16-12-19(17)18-9-8-15(3)21(16)18/h15-19,21H,1,4-13H2,2-3H3. The number of ether oxygens (including phenoxy) is 2. The lowest BCUT2D eigenvalue weighted by atomic mass is 9.74. The first-order valence-electron chi connectivity index (χ1n) is 10.5. The average molecular weight is 363 g/mol. The van der Waals surface area contributed by atoms with E-state index < -0.39 is 0 Å². The summed E-state index contributed by atoms with van der Waals surface area (Å²) in [6.07, 6.45) is 8.36. The fraction of sp³-hybridized carbons (Fsp3) is 0.818. The van der Waals surface area contributed by atoms with Crippen molar-refractivity contribution >= 4 is 11.9 Å². The molecule has 3 saturated carbocycles. The normalized spacial score (nSPS) is 34.5. The zero-order valence-electron chi connectivity index (χ0n) is 16.4. The highest BCUT2D eigenvalue weighted by Crippen LogP contribution is 2.62. The Labute approximate surface area is 157 Å². The van der Waals surface area contributed by atoms with Crippen LogP contribution < -0.4 is 0 Å². The Morgan fingerprint density at radius 2 is 1.85 bits per heavy atom. The molecule has 3 aliphatic carbocycles. The highest BCUT2D eigenvalue weighted by molar-refractivity contribution is 5.86. The molecule has 0 aromatic carbocycles. The van der Waals surface area contributed by atoms with Crippen LogP contribution in [0.3, 0.4) is 0 Å². The van der Waals surface area contributed by atoms with Gasteiger partial charge in [-0.15, -0.1) is 0 Å². The second kappa shape index (κ2) is 8.58. The minimum absolute atomic E-state index is 0.0666. The monoisotopic (exact) mass is 362 g/mol. The molecular weight excluding hydrogens is 328 g/mol. The highest BCUT2D eigenvalue weighted by Gasteiger charge is 2.56. The molecule has 6 unspecified atom stereocenters. The van der Waals surface area contributed by atoms with Crippen molar-refractivity contribution in [1.82, 2.24) is 0 Å². The van der Waals surface area contributed by atoms with E-state index in [1.165, 1.54) is 25.7 Å². The summed E-state index contributed by atoms with van der Waals surface area (Å²) < 4.78 is 10.6. The van der Waals surface area contributed by atoms with Crippen LogP contribution in [0.25, 0.3) is 0 Å². The number of hydrogen-bond acceptors (Lipinski definition) is 4. The molecule has 0 saturated heterocycles. The third kappa shape index (κ3) is 4.32. The maximum atomic E-state index is 12.0.